The monoisotopic (exact) mass is 333 g/mol. The van der Waals surface area contributed by atoms with E-state index in [1.807, 2.05) is 6.07 Å². The minimum absolute atomic E-state index is 0.215. The van der Waals surface area contributed by atoms with Gasteiger partial charge in [0.05, 0.1) is 17.8 Å². The second-order valence-corrected chi connectivity index (χ2v) is 7.16. The maximum atomic E-state index is 12.4. The molecule has 0 fully saturated rings. The van der Waals surface area contributed by atoms with Crippen LogP contribution in [0.2, 0.25) is 0 Å². The Hall–Kier alpha value is -2.62. The van der Waals surface area contributed by atoms with Gasteiger partial charge >= 0.3 is 12.2 Å². The SMILES string of the molecule is CC(C)(C)OC(=O)N(Cc1ncccc1C#N)C(=O)OC(C)(C)C. The summed E-state index contributed by atoms with van der Waals surface area (Å²) in [6.45, 7) is 9.95. The molecule has 0 aromatic carbocycles. The van der Waals surface area contributed by atoms with Crippen molar-refractivity contribution in [2.45, 2.75) is 59.3 Å². The van der Waals surface area contributed by atoms with Crippen molar-refractivity contribution in [2.75, 3.05) is 0 Å². The smallest absolute Gasteiger partial charge is 0.420 e. The van der Waals surface area contributed by atoms with Crippen LogP contribution >= 0.6 is 0 Å². The molecule has 0 radical (unpaired) electrons. The van der Waals surface area contributed by atoms with Gasteiger partial charge in [0, 0.05) is 6.20 Å². The first-order valence-corrected chi connectivity index (χ1v) is 7.50. The van der Waals surface area contributed by atoms with Gasteiger partial charge < -0.3 is 9.47 Å². The standard InChI is InChI=1S/C17H23N3O4/c1-16(2,3)23-14(21)20(15(22)24-17(4,5)6)11-13-12(10-18)8-7-9-19-13/h7-9H,11H2,1-6H3. The lowest BCUT2D eigenvalue weighted by molar-refractivity contribution is -0.000484. The highest BCUT2D eigenvalue weighted by molar-refractivity contribution is 5.88. The van der Waals surface area contributed by atoms with Gasteiger partial charge in [-0.2, -0.15) is 5.26 Å². The van der Waals surface area contributed by atoms with Gasteiger partial charge in [-0.3, -0.25) is 4.98 Å². The predicted molar refractivity (Wildman–Crippen MR) is 87.0 cm³/mol. The molecule has 0 unspecified atom stereocenters. The number of ether oxygens (including phenoxy) is 2. The Morgan fingerprint density at radius 2 is 1.62 bits per heavy atom. The van der Waals surface area contributed by atoms with E-state index in [1.54, 1.807) is 53.7 Å². The van der Waals surface area contributed by atoms with E-state index < -0.39 is 23.4 Å². The molecular weight excluding hydrogens is 310 g/mol. The number of hydrogen-bond acceptors (Lipinski definition) is 6. The molecule has 1 aromatic rings. The lowest BCUT2D eigenvalue weighted by atomic mass is 10.2. The summed E-state index contributed by atoms with van der Waals surface area (Å²) in [5.41, 5.74) is -0.995. The molecule has 0 aliphatic rings. The maximum Gasteiger partial charge on any atom is 0.420 e. The number of hydrogen-bond donors (Lipinski definition) is 0. The summed E-state index contributed by atoms with van der Waals surface area (Å²) in [7, 11) is 0. The first kappa shape index (κ1) is 19.4. The summed E-state index contributed by atoms with van der Waals surface area (Å²) in [6, 6.07) is 5.15. The summed E-state index contributed by atoms with van der Waals surface area (Å²) < 4.78 is 10.5. The van der Waals surface area contributed by atoms with Crippen LogP contribution in [0.15, 0.2) is 18.3 Å². The van der Waals surface area contributed by atoms with Gasteiger partial charge in [0.2, 0.25) is 0 Å². The lowest BCUT2D eigenvalue weighted by Crippen LogP contribution is -2.43. The summed E-state index contributed by atoms with van der Waals surface area (Å²) >= 11 is 0. The van der Waals surface area contributed by atoms with Crippen molar-refractivity contribution in [3.63, 3.8) is 0 Å². The molecule has 1 heterocycles. The van der Waals surface area contributed by atoms with Crippen LogP contribution in [0, 0.1) is 11.3 Å². The van der Waals surface area contributed by atoms with Crippen molar-refractivity contribution >= 4 is 12.2 Å². The third-order valence-electron chi connectivity index (χ3n) is 2.55. The minimum atomic E-state index is -0.855. The van der Waals surface area contributed by atoms with Crippen molar-refractivity contribution in [3.05, 3.63) is 29.6 Å². The number of imide groups is 1. The van der Waals surface area contributed by atoms with E-state index in [2.05, 4.69) is 4.98 Å². The van der Waals surface area contributed by atoms with Crippen molar-refractivity contribution in [3.8, 4) is 6.07 Å². The van der Waals surface area contributed by atoms with Crippen LogP contribution in [0.4, 0.5) is 9.59 Å². The van der Waals surface area contributed by atoms with Crippen molar-refractivity contribution in [2.24, 2.45) is 0 Å². The Balaban J connectivity index is 3.11. The molecule has 0 aliphatic heterocycles. The molecule has 24 heavy (non-hydrogen) atoms. The molecule has 0 saturated heterocycles. The fourth-order valence-corrected chi connectivity index (χ4v) is 1.65. The van der Waals surface area contributed by atoms with Crippen LogP contribution in [-0.2, 0) is 16.0 Å². The zero-order valence-corrected chi connectivity index (χ0v) is 14.9. The fourth-order valence-electron chi connectivity index (χ4n) is 1.65. The number of amides is 2. The Morgan fingerprint density at radius 1 is 1.12 bits per heavy atom. The summed E-state index contributed by atoms with van der Waals surface area (Å²) in [5, 5.41) is 9.14. The zero-order chi connectivity index (χ0) is 18.5. The van der Waals surface area contributed by atoms with Gasteiger partial charge in [0.15, 0.2) is 0 Å². The van der Waals surface area contributed by atoms with Crippen LogP contribution in [0.25, 0.3) is 0 Å². The molecule has 7 heteroatoms. The van der Waals surface area contributed by atoms with E-state index in [4.69, 9.17) is 14.7 Å². The van der Waals surface area contributed by atoms with Crippen molar-refractivity contribution < 1.29 is 19.1 Å². The fraction of sp³-hybridized carbons (Fsp3) is 0.529. The van der Waals surface area contributed by atoms with E-state index in [-0.39, 0.29) is 17.8 Å². The first-order chi connectivity index (χ1) is 10.9. The topological polar surface area (TPSA) is 92.5 Å². The Kier molecular flexibility index (Phi) is 5.91. The molecule has 0 bridgehead atoms. The highest BCUT2D eigenvalue weighted by Gasteiger charge is 2.32. The molecule has 7 nitrogen and oxygen atoms in total. The molecule has 0 spiro atoms. The Bertz CT molecular complexity index is 623. The maximum absolute atomic E-state index is 12.4. The number of carbonyl (C=O) groups excluding carboxylic acids is 2. The average molecular weight is 333 g/mol. The van der Waals surface area contributed by atoms with E-state index in [9.17, 15) is 9.59 Å². The van der Waals surface area contributed by atoms with Crippen LogP contribution < -0.4 is 0 Å². The minimum Gasteiger partial charge on any atom is -0.443 e. The second kappa shape index (κ2) is 7.30. The Labute approximate surface area is 142 Å². The molecular formula is C17H23N3O4. The quantitative estimate of drug-likeness (QED) is 0.820. The number of nitrogens with zero attached hydrogens (tertiary/aromatic N) is 3. The van der Waals surface area contributed by atoms with E-state index in [0.29, 0.717) is 0 Å². The van der Waals surface area contributed by atoms with Crippen LogP contribution in [-0.4, -0.2) is 33.3 Å². The average Bonchev–Trinajstić information content (AvgIpc) is 2.41. The van der Waals surface area contributed by atoms with Gasteiger partial charge in [0.25, 0.3) is 0 Å². The largest absolute Gasteiger partial charge is 0.443 e. The molecule has 0 saturated carbocycles. The van der Waals surface area contributed by atoms with Crippen molar-refractivity contribution in [1.82, 2.24) is 9.88 Å². The third kappa shape index (κ3) is 6.24. The van der Waals surface area contributed by atoms with Gasteiger partial charge in [-0.1, -0.05) is 0 Å². The number of carbonyl (C=O) groups is 2. The van der Waals surface area contributed by atoms with Gasteiger partial charge in [0.1, 0.15) is 17.3 Å². The van der Waals surface area contributed by atoms with Crippen LogP contribution in [0.3, 0.4) is 0 Å². The summed E-state index contributed by atoms with van der Waals surface area (Å²) in [5.74, 6) is 0. The van der Waals surface area contributed by atoms with E-state index in [0.717, 1.165) is 4.90 Å². The third-order valence-corrected chi connectivity index (χ3v) is 2.55. The molecule has 130 valence electrons. The molecule has 1 aromatic heterocycles. The number of aromatic nitrogens is 1. The highest BCUT2D eigenvalue weighted by Crippen LogP contribution is 2.17. The lowest BCUT2D eigenvalue weighted by Gasteiger charge is -2.28. The van der Waals surface area contributed by atoms with Crippen LogP contribution in [0.5, 0.6) is 0 Å². The molecule has 0 N–H and O–H groups in total. The second-order valence-electron chi connectivity index (χ2n) is 7.16. The van der Waals surface area contributed by atoms with Gasteiger partial charge in [-0.05, 0) is 53.7 Å². The number of nitriles is 1. The molecule has 2 amide bonds. The molecule has 0 aliphatic carbocycles. The van der Waals surface area contributed by atoms with E-state index in [1.165, 1.54) is 6.20 Å². The zero-order valence-electron chi connectivity index (χ0n) is 14.9. The summed E-state index contributed by atoms with van der Waals surface area (Å²) in [4.78, 5) is 29.6. The molecule has 1 rings (SSSR count). The first-order valence-electron chi connectivity index (χ1n) is 7.50. The van der Waals surface area contributed by atoms with Crippen LogP contribution in [0.1, 0.15) is 52.8 Å². The van der Waals surface area contributed by atoms with E-state index >= 15 is 0 Å². The normalized spacial score (nSPS) is 11.4. The predicted octanol–water partition coefficient (Wildman–Crippen LogP) is 3.63. The number of pyridine rings is 1. The van der Waals surface area contributed by atoms with Gasteiger partial charge in [-0.25, -0.2) is 14.5 Å². The van der Waals surface area contributed by atoms with Crippen molar-refractivity contribution in [1.29, 1.82) is 5.26 Å². The molecule has 0 atom stereocenters. The van der Waals surface area contributed by atoms with Gasteiger partial charge in [-0.15, -0.1) is 0 Å². The summed E-state index contributed by atoms with van der Waals surface area (Å²) in [6.07, 6.45) is -0.226. The number of rotatable bonds is 2. The highest BCUT2D eigenvalue weighted by atomic mass is 16.6. The Morgan fingerprint density at radius 3 is 2.04 bits per heavy atom.